The van der Waals surface area contributed by atoms with Gasteiger partial charge in [-0.05, 0) is 90.0 Å². The van der Waals surface area contributed by atoms with Crippen LogP contribution >= 0.6 is 22.7 Å². The number of hydrogen-bond acceptors (Lipinski definition) is 6. The van der Waals surface area contributed by atoms with Gasteiger partial charge in [0.15, 0.2) is 17.5 Å². The smallest absolute Gasteiger partial charge is 0.164 e. The summed E-state index contributed by atoms with van der Waals surface area (Å²) in [7, 11) is 0. The van der Waals surface area contributed by atoms with E-state index in [2.05, 4.69) is 180 Å². The van der Waals surface area contributed by atoms with E-state index in [1.54, 1.807) is 22.7 Å². The summed E-state index contributed by atoms with van der Waals surface area (Å²) in [5.41, 5.74) is 10.3. The molecule has 7 heteroatoms. The fraction of sp³-hybridized carbons (Fsp3) is 0. The molecule has 0 bridgehead atoms. The van der Waals surface area contributed by atoms with Crippen LogP contribution in [0.2, 0.25) is 0 Å². The van der Waals surface area contributed by atoms with E-state index in [4.69, 9.17) is 19.4 Å². The number of nitrogens with zero attached hydrogens (tertiary/aromatic N) is 4. The highest BCUT2D eigenvalue weighted by molar-refractivity contribution is 7.26. The molecule has 14 rings (SSSR count). The van der Waals surface area contributed by atoms with Gasteiger partial charge >= 0.3 is 0 Å². The Kier molecular flexibility index (Phi) is 7.66. The molecule has 0 radical (unpaired) electrons. The summed E-state index contributed by atoms with van der Waals surface area (Å²) in [5, 5.41) is 9.30. The SMILES string of the molecule is c1ccc(-n2c3ccccc3c3cc(-c4ccc5sc6cccc(-c7nc(-c8ccc9c(c8)oc8ccccc89)nc(-c8cccc9sc%10ccccc%10c89)n7)c6c5c4)ccc32)cc1. The number of hydrogen-bond donors (Lipinski definition) is 0. The van der Waals surface area contributed by atoms with Gasteiger partial charge in [0.1, 0.15) is 11.2 Å². The van der Waals surface area contributed by atoms with Crippen molar-refractivity contribution < 1.29 is 4.42 Å². The lowest BCUT2D eigenvalue weighted by Crippen LogP contribution is -2.00. The Morgan fingerprint density at radius 1 is 0.344 bits per heavy atom. The molecule has 14 aromatic rings. The maximum absolute atomic E-state index is 6.38. The monoisotopic (exact) mass is 852 g/mol. The summed E-state index contributed by atoms with van der Waals surface area (Å²) in [6.45, 7) is 0. The average molecular weight is 853 g/mol. The number of thiophene rings is 2. The highest BCUT2D eigenvalue weighted by Crippen LogP contribution is 2.44. The second-order valence-corrected chi connectivity index (χ2v) is 18.5. The quantitative estimate of drug-likeness (QED) is 0.173. The molecule has 0 fully saturated rings. The highest BCUT2D eigenvalue weighted by atomic mass is 32.1. The van der Waals surface area contributed by atoms with Crippen molar-refractivity contribution in [2.75, 3.05) is 0 Å². The van der Waals surface area contributed by atoms with E-state index >= 15 is 0 Å². The summed E-state index contributed by atoms with van der Waals surface area (Å²) >= 11 is 3.60. The van der Waals surface area contributed by atoms with E-state index in [1.165, 1.54) is 56.9 Å². The molecule has 0 unspecified atom stereocenters. The van der Waals surface area contributed by atoms with Gasteiger partial charge in [-0.25, -0.2) is 15.0 Å². The van der Waals surface area contributed by atoms with Crippen molar-refractivity contribution in [1.82, 2.24) is 19.5 Å². The molecule has 0 aliphatic heterocycles. The van der Waals surface area contributed by atoms with Crippen LogP contribution in [0, 0.1) is 0 Å². The molecule has 64 heavy (non-hydrogen) atoms. The zero-order valence-corrected chi connectivity index (χ0v) is 35.6. The first kappa shape index (κ1) is 35.6. The van der Waals surface area contributed by atoms with Crippen LogP contribution in [0.3, 0.4) is 0 Å². The predicted octanol–water partition coefficient (Wildman–Crippen LogP) is 16.3. The second kappa shape index (κ2) is 13.8. The lowest BCUT2D eigenvalue weighted by Gasteiger charge is -2.11. The van der Waals surface area contributed by atoms with Gasteiger partial charge < -0.3 is 8.98 Å². The summed E-state index contributed by atoms with van der Waals surface area (Å²) in [6, 6.07) is 69.1. The molecule has 0 amide bonds. The third-order valence-electron chi connectivity index (χ3n) is 12.7. The van der Waals surface area contributed by atoms with Crippen LogP contribution in [-0.4, -0.2) is 19.5 Å². The van der Waals surface area contributed by atoms with Crippen molar-refractivity contribution >= 4 is 107 Å². The Hall–Kier alpha value is -7.97. The number of furan rings is 1. The van der Waals surface area contributed by atoms with Crippen LogP contribution in [0.15, 0.2) is 199 Å². The van der Waals surface area contributed by atoms with Gasteiger partial charge in [0.25, 0.3) is 0 Å². The van der Waals surface area contributed by atoms with Crippen LogP contribution < -0.4 is 0 Å². The number of para-hydroxylation sites is 3. The zero-order chi connectivity index (χ0) is 41.9. The Labute approximate surface area is 373 Å². The third-order valence-corrected chi connectivity index (χ3v) is 14.9. The lowest BCUT2D eigenvalue weighted by atomic mass is 9.99. The topological polar surface area (TPSA) is 56.7 Å². The number of aromatic nitrogens is 4. The number of fused-ring (bicyclic) bond motifs is 12. The van der Waals surface area contributed by atoms with Crippen molar-refractivity contribution in [1.29, 1.82) is 0 Å². The summed E-state index contributed by atoms with van der Waals surface area (Å²) in [5.74, 6) is 1.87. The number of rotatable bonds is 5. The average Bonchev–Trinajstić information content (AvgIpc) is 4.12. The van der Waals surface area contributed by atoms with Crippen molar-refractivity contribution in [3.63, 3.8) is 0 Å². The maximum atomic E-state index is 6.38. The molecule has 0 saturated carbocycles. The largest absolute Gasteiger partial charge is 0.456 e. The normalized spacial score (nSPS) is 12.1. The van der Waals surface area contributed by atoms with Gasteiger partial charge in [-0.3, -0.25) is 0 Å². The second-order valence-electron chi connectivity index (χ2n) is 16.3. The van der Waals surface area contributed by atoms with Crippen LogP contribution in [0.1, 0.15) is 0 Å². The lowest BCUT2D eigenvalue weighted by molar-refractivity contribution is 0.669. The van der Waals surface area contributed by atoms with E-state index < -0.39 is 0 Å². The summed E-state index contributed by atoms with van der Waals surface area (Å²) in [6.07, 6.45) is 0. The zero-order valence-electron chi connectivity index (χ0n) is 34.0. The third kappa shape index (κ3) is 5.38. The van der Waals surface area contributed by atoms with Crippen LogP contribution in [0.25, 0.3) is 135 Å². The van der Waals surface area contributed by atoms with Crippen LogP contribution in [0.4, 0.5) is 0 Å². The molecule has 0 spiro atoms. The Morgan fingerprint density at radius 2 is 0.906 bits per heavy atom. The first-order valence-corrected chi connectivity index (χ1v) is 23.0. The Bertz CT molecular complexity index is 4210. The van der Waals surface area contributed by atoms with Crippen molar-refractivity contribution in [2.24, 2.45) is 0 Å². The predicted molar refractivity (Wildman–Crippen MR) is 269 cm³/mol. The molecular formula is C57H32N4OS2. The van der Waals surface area contributed by atoms with Gasteiger partial charge in [0, 0.05) is 84.3 Å². The van der Waals surface area contributed by atoms with Crippen molar-refractivity contribution in [3.05, 3.63) is 194 Å². The van der Waals surface area contributed by atoms with Crippen LogP contribution in [-0.2, 0) is 0 Å². The van der Waals surface area contributed by atoms with E-state index in [9.17, 15) is 0 Å². The standard InChI is InChI=1S/C57H32N4OS2/c1-2-12-36(13-3-1)61-45-19-7-4-14-37(45)43-30-33(25-28-46(43)61)34-26-29-50-44(31-34)54-42(18-11-23-52(54)64-50)57-59-55(35-24-27-39-38-15-5-8-20-47(38)62-48(39)32-35)58-56(60-57)41-17-10-22-51-53(41)40-16-6-9-21-49(40)63-51/h1-32H. The minimum absolute atomic E-state index is 0.596. The molecule has 0 aliphatic rings. The molecule has 9 aromatic carbocycles. The molecular weight excluding hydrogens is 821 g/mol. The molecule has 298 valence electrons. The van der Waals surface area contributed by atoms with Gasteiger partial charge in [0.05, 0.1) is 11.0 Å². The minimum atomic E-state index is 0.596. The summed E-state index contributed by atoms with van der Waals surface area (Å²) < 4.78 is 13.6. The van der Waals surface area contributed by atoms with E-state index in [1.807, 2.05) is 18.2 Å². The molecule has 0 aliphatic carbocycles. The maximum Gasteiger partial charge on any atom is 0.164 e. The molecule has 0 atom stereocenters. The Morgan fingerprint density at radius 3 is 1.70 bits per heavy atom. The van der Waals surface area contributed by atoms with Gasteiger partial charge in [-0.1, -0.05) is 115 Å². The minimum Gasteiger partial charge on any atom is -0.456 e. The molecule has 0 N–H and O–H groups in total. The number of benzene rings is 9. The van der Waals surface area contributed by atoms with Crippen LogP contribution in [0.5, 0.6) is 0 Å². The molecule has 5 nitrogen and oxygen atoms in total. The highest BCUT2D eigenvalue weighted by Gasteiger charge is 2.21. The van der Waals surface area contributed by atoms with E-state index in [0.717, 1.165) is 60.7 Å². The first-order valence-electron chi connectivity index (χ1n) is 21.3. The summed E-state index contributed by atoms with van der Waals surface area (Å²) in [4.78, 5) is 16.0. The van der Waals surface area contributed by atoms with E-state index in [-0.39, 0.29) is 0 Å². The van der Waals surface area contributed by atoms with E-state index in [0.29, 0.717) is 17.5 Å². The van der Waals surface area contributed by atoms with Crippen molar-refractivity contribution in [3.8, 4) is 51.0 Å². The molecule has 5 heterocycles. The fourth-order valence-corrected chi connectivity index (χ4v) is 12.0. The van der Waals surface area contributed by atoms with Gasteiger partial charge in [-0.15, -0.1) is 22.7 Å². The fourth-order valence-electron chi connectivity index (χ4n) is 9.77. The van der Waals surface area contributed by atoms with Gasteiger partial charge in [0.2, 0.25) is 0 Å². The first-order chi connectivity index (χ1) is 31.7. The molecule has 5 aromatic heterocycles. The van der Waals surface area contributed by atoms with Gasteiger partial charge in [-0.2, -0.15) is 0 Å². The van der Waals surface area contributed by atoms with Crippen molar-refractivity contribution in [2.45, 2.75) is 0 Å². The molecule has 0 saturated heterocycles. The Balaban J connectivity index is 0.977.